The molecule has 0 aromatic heterocycles. The van der Waals surface area contributed by atoms with Gasteiger partial charge in [0.05, 0.1) is 0 Å². The lowest BCUT2D eigenvalue weighted by atomic mass is 10.2. The number of nitrogens with one attached hydrogen (secondary N) is 2. The Morgan fingerprint density at radius 3 is 2.76 bits per heavy atom. The van der Waals surface area contributed by atoms with Crippen LogP contribution < -0.4 is 10.6 Å². The van der Waals surface area contributed by atoms with Gasteiger partial charge in [0.2, 0.25) is 5.91 Å². The Morgan fingerprint density at radius 2 is 2.24 bits per heavy atom. The number of carbonyl (C=O) groups excluding carboxylic acids is 2. The Labute approximate surface area is 97.6 Å². The van der Waals surface area contributed by atoms with Crippen molar-refractivity contribution >= 4 is 17.9 Å². The van der Waals surface area contributed by atoms with Crippen molar-refractivity contribution in [3.05, 3.63) is 0 Å². The van der Waals surface area contributed by atoms with Crippen molar-refractivity contribution in [1.29, 1.82) is 0 Å². The average molecular weight is 245 g/mol. The monoisotopic (exact) mass is 245 g/mol. The summed E-state index contributed by atoms with van der Waals surface area (Å²) in [4.78, 5) is 34.6. The summed E-state index contributed by atoms with van der Waals surface area (Å²) in [5, 5.41) is 22.2. The lowest BCUT2D eigenvalue weighted by Crippen LogP contribution is -2.55. The maximum atomic E-state index is 11.6. The molecule has 8 nitrogen and oxygen atoms in total. The van der Waals surface area contributed by atoms with Gasteiger partial charge in [0.1, 0.15) is 12.6 Å². The van der Waals surface area contributed by atoms with Gasteiger partial charge in [0.15, 0.2) is 0 Å². The Bertz CT molecular complexity index is 320. The minimum Gasteiger partial charge on any atom is -0.480 e. The quantitative estimate of drug-likeness (QED) is 0.455. The smallest absolute Gasteiger partial charge is 0.326 e. The molecule has 1 aliphatic rings. The molecule has 1 rings (SSSR count). The van der Waals surface area contributed by atoms with Gasteiger partial charge in [0, 0.05) is 26.1 Å². The Balaban J connectivity index is 2.51. The maximum absolute atomic E-state index is 11.6. The zero-order chi connectivity index (χ0) is 12.8. The zero-order valence-electron chi connectivity index (χ0n) is 9.18. The maximum Gasteiger partial charge on any atom is 0.326 e. The third-order valence-corrected chi connectivity index (χ3v) is 2.34. The van der Waals surface area contributed by atoms with Gasteiger partial charge in [-0.05, 0) is 0 Å². The van der Waals surface area contributed by atoms with E-state index in [-0.39, 0.29) is 25.5 Å². The molecule has 1 heterocycles. The SMILES string of the molecule is O=C1CN(C(=O)N[C@H](CCO)C(=O)O)CCN1. The number of aliphatic hydroxyl groups excluding tert-OH is 1. The van der Waals surface area contributed by atoms with Crippen LogP contribution in [0, 0.1) is 0 Å². The number of carboxylic acid groups (broad SMARTS) is 1. The largest absolute Gasteiger partial charge is 0.480 e. The van der Waals surface area contributed by atoms with Crippen LogP contribution in [0.5, 0.6) is 0 Å². The van der Waals surface area contributed by atoms with Gasteiger partial charge in [-0.15, -0.1) is 0 Å². The van der Waals surface area contributed by atoms with E-state index in [1.54, 1.807) is 0 Å². The van der Waals surface area contributed by atoms with Crippen LogP contribution in [-0.2, 0) is 9.59 Å². The van der Waals surface area contributed by atoms with Crippen LogP contribution in [0.3, 0.4) is 0 Å². The number of carbonyl (C=O) groups is 3. The average Bonchev–Trinajstić information content (AvgIpc) is 2.28. The third-order valence-electron chi connectivity index (χ3n) is 2.34. The molecular weight excluding hydrogens is 230 g/mol. The number of hydrogen-bond donors (Lipinski definition) is 4. The second kappa shape index (κ2) is 6.04. The fourth-order valence-electron chi connectivity index (χ4n) is 1.44. The summed E-state index contributed by atoms with van der Waals surface area (Å²) in [6.07, 6.45) is -0.0683. The molecule has 0 unspecified atom stereocenters. The highest BCUT2D eigenvalue weighted by Crippen LogP contribution is 1.98. The first-order valence-electron chi connectivity index (χ1n) is 5.20. The minimum atomic E-state index is -1.21. The van der Waals surface area contributed by atoms with Crippen LogP contribution >= 0.6 is 0 Å². The molecule has 3 amide bonds. The summed E-state index contributed by atoms with van der Waals surface area (Å²) >= 11 is 0. The van der Waals surface area contributed by atoms with E-state index in [4.69, 9.17) is 10.2 Å². The first kappa shape index (κ1) is 13.2. The van der Waals surface area contributed by atoms with Crippen LogP contribution in [0.15, 0.2) is 0 Å². The topological polar surface area (TPSA) is 119 Å². The third kappa shape index (κ3) is 3.91. The number of rotatable bonds is 4. The molecule has 0 spiro atoms. The molecule has 1 fully saturated rings. The fourth-order valence-corrected chi connectivity index (χ4v) is 1.44. The van der Waals surface area contributed by atoms with Crippen molar-refractivity contribution in [3.63, 3.8) is 0 Å². The molecule has 17 heavy (non-hydrogen) atoms. The van der Waals surface area contributed by atoms with Crippen LogP contribution in [0.1, 0.15) is 6.42 Å². The number of urea groups is 1. The van der Waals surface area contributed by atoms with Gasteiger partial charge in [-0.3, -0.25) is 4.79 Å². The second-order valence-electron chi connectivity index (χ2n) is 3.62. The summed E-state index contributed by atoms with van der Waals surface area (Å²) < 4.78 is 0. The van der Waals surface area contributed by atoms with Gasteiger partial charge < -0.3 is 25.7 Å². The highest BCUT2D eigenvalue weighted by atomic mass is 16.4. The van der Waals surface area contributed by atoms with E-state index >= 15 is 0 Å². The summed E-state index contributed by atoms with van der Waals surface area (Å²) in [5.74, 6) is -1.49. The number of hydrogen-bond acceptors (Lipinski definition) is 4. The Kier molecular flexibility index (Phi) is 4.70. The molecule has 0 bridgehead atoms. The molecule has 4 N–H and O–H groups in total. The summed E-state index contributed by atoms with van der Waals surface area (Å²) in [6, 6.07) is -1.75. The van der Waals surface area contributed by atoms with Gasteiger partial charge in [-0.1, -0.05) is 0 Å². The molecule has 0 radical (unpaired) electrons. The number of piperazine rings is 1. The van der Waals surface area contributed by atoms with Crippen molar-refractivity contribution < 1.29 is 24.6 Å². The van der Waals surface area contributed by atoms with E-state index in [0.717, 1.165) is 0 Å². The van der Waals surface area contributed by atoms with E-state index < -0.39 is 18.0 Å². The standard InChI is InChI=1S/C9H15N3O5/c13-4-1-6(8(15)16)11-9(17)12-3-2-10-7(14)5-12/h6,13H,1-5H2,(H,10,14)(H,11,17)(H,15,16)/t6-/m1/s1. The molecule has 1 saturated heterocycles. The van der Waals surface area contributed by atoms with E-state index in [2.05, 4.69) is 10.6 Å². The molecule has 1 aliphatic heterocycles. The Morgan fingerprint density at radius 1 is 1.53 bits per heavy atom. The van der Waals surface area contributed by atoms with Gasteiger partial charge in [-0.2, -0.15) is 0 Å². The summed E-state index contributed by atoms with van der Waals surface area (Å²) in [6.45, 7) is 0.266. The fraction of sp³-hybridized carbons (Fsp3) is 0.667. The number of aliphatic carboxylic acids is 1. The van der Waals surface area contributed by atoms with Crippen molar-refractivity contribution in [1.82, 2.24) is 15.5 Å². The Hall–Kier alpha value is -1.83. The zero-order valence-corrected chi connectivity index (χ0v) is 9.18. The first-order valence-corrected chi connectivity index (χ1v) is 5.20. The van der Waals surface area contributed by atoms with E-state index in [9.17, 15) is 14.4 Å². The number of nitrogens with zero attached hydrogens (tertiary/aromatic N) is 1. The predicted molar refractivity (Wildman–Crippen MR) is 56.2 cm³/mol. The van der Waals surface area contributed by atoms with Gasteiger partial charge in [0.25, 0.3) is 0 Å². The molecule has 0 aromatic rings. The highest BCUT2D eigenvalue weighted by molar-refractivity contribution is 5.87. The molecule has 0 aromatic carbocycles. The highest BCUT2D eigenvalue weighted by Gasteiger charge is 2.25. The molecule has 96 valence electrons. The molecular formula is C9H15N3O5. The number of amides is 3. The minimum absolute atomic E-state index is 0.0683. The van der Waals surface area contributed by atoms with Gasteiger partial charge in [-0.25, -0.2) is 9.59 Å². The number of aliphatic hydroxyl groups is 1. The van der Waals surface area contributed by atoms with E-state index in [1.807, 2.05) is 0 Å². The van der Waals surface area contributed by atoms with Crippen molar-refractivity contribution in [3.8, 4) is 0 Å². The van der Waals surface area contributed by atoms with Crippen molar-refractivity contribution in [2.24, 2.45) is 0 Å². The summed E-state index contributed by atoms with van der Waals surface area (Å²) in [5.41, 5.74) is 0. The molecule has 8 heteroatoms. The first-order chi connectivity index (χ1) is 8.04. The molecule has 0 saturated carbocycles. The van der Waals surface area contributed by atoms with Gasteiger partial charge >= 0.3 is 12.0 Å². The predicted octanol–water partition coefficient (Wildman–Crippen LogP) is -2.04. The lowest BCUT2D eigenvalue weighted by molar-refractivity contribution is -0.139. The van der Waals surface area contributed by atoms with Crippen molar-refractivity contribution in [2.75, 3.05) is 26.2 Å². The van der Waals surface area contributed by atoms with Crippen molar-refractivity contribution in [2.45, 2.75) is 12.5 Å². The molecule has 1 atom stereocenters. The number of carboxylic acids is 1. The second-order valence-corrected chi connectivity index (χ2v) is 3.62. The summed E-state index contributed by atoms with van der Waals surface area (Å²) in [7, 11) is 0. The van der Waals surface area contributed by atoms with Crippen LogP contribution in [-0.4, -0.2) is 65.3 Å². The van der Waals surface area contributed by atoms with Crippen LogP contribution in [0.25, 0.3) is 0 Å². The van der Waals surface area contributed by atoms with Crippen LogP contribution in [0.2, 0.25) is 0 Å². The van der Waals surface area contributed by atoms with E-state index in [1.165, 1.54) is 4.90 Å². The lowest BCUT2D eigenvalue weighted by Gasteiger charge is -2.28. The van der Waals surface area contributed by atoms with Crippen LogP contribution in [0.4, 0.5) is 4.79 Å². The normalized spacial score (nSPS) is 17.2. The van der Waals surface area contributed by atoms with E-state index in [0.29, 0.717) is 13.1 Å². The molecule has 0 aliphatic carbocycles.